The summed E-state index contributed by atoms with van der Waals surface area (Å²) in [4.78, 5) is 0. The molecule has 0 saturated heterocycles. The van der Waals surface area contributed by atoms with E-state index < -0.39 is 0 Å². The van der Waals surface area contributed by atoms with Gasteiger partial charge in [-0.25, -0.2) is 0 Å². The van der Waals surface area contributed by atoms with Crippen LogP contribution in [0.25, 0.3) is 0 Å². The molecule has 1 atom stereocenters. The van der Waals surface area contributed by atoms with Crippen molar-refractivity contribution in [1.82, 2.24) is 0 Å². The van der Waals surface area contributed by atoms with Crippen LogP contribution in [0.1, 0.15) is 32.6 Å². The van der Waals surface area contributed by atoms with Crippen LogP contribution in [0, 0.1) is 0 Å². The van der Waals surface area contributed by atoms with Gasteiger partial charge < -0.3 is 0 Å². The molecule has 0 fully saturated rings. The number of halogens is 1. The molecule has 0 aromatic rings. The van der Waals surface area contributed by atoms with Crippen LogP contribution in [0.3, 0.4) is 0 Å². The number of rotatable bonds is 5. The van der Waals surface area contributed by atoms with Crippen LogP contribution in [-0.4, -0.2) is 12.8 Å². The molecule has 0 rings (SSSR count). The Labute approximate surface area is 73.0 Å². The van der Waals surface area contributed by atoms with Crippen molar-refractivity contribution >= 4 is 27.6 Å². The molecule has 2 heteroatoms. The fraction of sp³-hybridized carbons (Fsp3) is 1.00. The zero-order valence-electron chi connectivity index (χ0n) is 6.36. The second-order valence-corrected chi connectivity index (χ2v) is 8.99. The zero-order chi connectivity index (χ0) is 7.11. The van der Waals surface area contributed by atoms with Gasteiger partial charge in [0.2, 0.25) is 0 Å². The molecule has 0 N–H and O–H groups in total. The van der Waals surface area contributed by atoms with Crippen molar-refractivity contribution < 1.29 is 0 Å². The van der Waals surface area contributed by atoms with Gasteiger partial charge in [-0.2, -0.15) is 0 Å². The van der Waals surface area contributed by atoms with Crippen LogP contribution in [0.4, 0.5) is 0 Å². The lowest BCUT2D eigenvalue weighted by Gasteiger charge is -2.00. The van der Waals surface area contributed by atoms with Crippen molar-refractivity contribution in [1.29, 1.82) is 0 Å². The van der Waals surface area contributed by atoms with Gasteiger partial charge in [-0.1, -0.05) is 48.2 Å². The predicted octanol–water partition coefficient (Wildman–Crippen LogP) is 4.03. The van der Waals surface area contributed by atoms with Crippen LogP contribution in [0.5, 0.6) is 0 Å². The topological polar surface area (TPSA) is 0 Å². The molecule has 0 saturated carbocycles. The van der Waals surface area contributed by atoms with E-state index in [2.05, 4.69) is 35.6 Å². The quantitative estimate of drug-likeness (QED) is 0.397. The van der Waals surface area contributed by atoms with E-state index in [9.17, 15) is 0 Å². The van der Waals surface area contributed by atoms with Crippen LogP contribution >= 0.6 is 27.6 Å². The van der Waals surface area contributed by atoms with Crippen molar-refractivity contribution in [3.63, 3.8) is 0 Å². The molecule has 0 bridgehead atoms. The standard InChI is InChI=1S/C7H16IP/c1-3-4-5-6-7-9(2)8/h3-7H2,1-2H3. The molecule has 0 amide bonds. The van der Waals surface area contributed by atoms with Gasteiger partial charge in [-0.3, -0.25) is 0 Å². The van der Waals surface area contributed by atoms with Crippen molar-refractivity contribution in [2.75, 3.05) is 12.8 Å². The molecule has 9 heavy (non-hydrogen) atoms. The van der Waals surface area contributed by atoms with Crippen molar-refractivity contribution in [3.05, 3.63) is 0 Å². The molecule has 0 aromatic heterocycles. The van der Waals surface area contributed by atoms with E-state index in [1.807, 2.05) is 0 Å². The van der Waals surface area contributed by atoms with Gasteiger partial charge >= 0.3 is 0 Å². The van der Waals surface area contributed by atoms with E-state index in [1.54, 1.807) is 0 Å². The molecule has 0 aliphatic rings. The van der Waals surface area contributed by atoms with Gasteiger partial charge in [-0.15, -0.1) is 0 Å². The van der Waals surface area contributed by atoms with Crippen LogP contribution in [0.15, 0.2) is 0 Å². The normalized spacial score (nSPS) is 13.7. The van der Waals surface area contributed by atoms with E-state index in [4.69, 9.17) is 0 Å². The summed E-state index contributed by atoms with van der Waals surface area (Å²) < 4.78 is 0. The van der Waals surface area contributed by atoms with Gasteiger partial charge in [0.25, 0.3) is 0 Å². The highest BCUT2D eigenvalue weighted by atomic mass is 127. The Hall–Kier alpha value is 1.16. The SMILES string of the molecule is CCCCCCP(C)I. The average Bonchev–Trinajstić information content (AvgIpc) is 1.80. The van der Waals surface area contributed by atoms with Gasteiger partial charge in [0.15, 0.2) is 0 Å². The Morgan fingerprint density at radius 1 is 1.22 bits per heavy atom. The summed E-state index contributed by atoms with van der Waals surface area (Å²) in [6, 6.07) is 0. The molecular formula is C7H16IP. The lowest BCUT2D eigenvalue weighted by atomic mass is 10.2. The molecule has 56 valence electrons. The van der Waals surface area contributed by atoms with E-state index in [-0.39, 0.29) is 0 Å². The van der Waals surface area contributed by atoms with E-state index in [0.717, 1.165) is 0 Å². The summed E-state index contributed by atoms with van der Waals surface area (Å²) in [5.74, 6) is 0. The molecule has 0 aliphatic heterocycles. The Morgan fingerprint density at radius 3 is 2.33 bits per heavy atom. The third kappa shape index (κ3) is 9.16. The molecule has 0 spiro atoms. The Balaban J connectivity index is 2.75. The average molecular weight is 258 g/mol. The first-order valence-corrected chi connectivity index (χ1v) is 8.40. The largest absolute Gasteiger partial charge is 0.0654 e. The first-order valence-electron chi connectivity index (χ1n) is 3.64. The maximum absolute atomic E-state index is 2.56. The second kappa shape index (κ2) is 7.27. The van der Waals surface area contributed by atoms with Crippen LogP contribution in [-0.2, 0) is 0 Å². The Kier molecular flexibility index (Phi) is 8.21. The molecule has 0 radical (unpaired) electrons. The fourth-order valence-electron chi connectivity index (χ4n) is 0.756. The lowest BCUT2D eigenvalue weighted by molar-refractivity contribution is 0.706. The third-order valence-corrected chi connectivity index (χ3v) is 3.70. The number of hydrogen-bond acceptors (Lipinski definition) is 0. The predicted molar refractivity (Wildman–Crippen MR) is 55.9 cm³/mol. The fourth-order valence-corrected chi connectivity index (χ4v) is 2.44. The Morgan fingerprint density at radius 2 is 1.89 bits per heavy atom. The van der Waals surface area contributed by atoms with E-state index in [1.165, 1.54) is 31.8 Å². The minimum atomic E-state index is 0.353. The number of unbranched alkanes of at least 4 members (excludes halogenated alkanes) is 3. The minimum absolute atomic E-state index is 0.353. The highest BCUT2D eigenvalue weighted by Crippen LogP contribution is 2.41. The lowest BCUT2D eigenvalue weighted by Crippen LogP contribution is -1.78. The smallest absolute Gasteiger partial charge is 0.0238 e. The van der Waals surface area contributed by atoms with Gasteiger partial charge in [-0.05, 0) is 24.8 Å². The van der Waals surface area contributed by atoms with Crippen LogP contribution in [0.2, 0.25) is 0 Å². The van der Waals surface area contributed by atoms with Crippen molar-refractivity contribution in [2.24, 2.45) is 0 Å². The number of hydrogen-bond donors (Lipinski definition) is 0. The minimum Gasteiger partial charge on any atom is -0.0654 e. The maximum atomic E-state index is 2.56. The van der Waals surface area contributed by atoms with Gasteiger partial charge in [0.05, 0.1) is 0 Å². The van der Waals surface area contributed by atoms with Gasteiger partial charge in [0, 0.05) is 0 Å². The van der Waals surface area contributed by atoms with E-state index >= 15 is 0 Å². The molecule has 0 nitrogen and oxygen atoms in total. The summed E-state index contributed by atoms with van der Waals surface area (Å²) >= 11 is 2.56. The summed E-state index contributed by atoms with van der Waals surface area (Å²) in [7, 11) is 0. The maximum Gasteiger partial charge on any atom is -0.0238 e. The second-order valence-electron chi connectivity index (χ2n) is 2.39. The van der Waals surface area contributed by atoms with Crippen LogP contribution < -0.4 is 0 Å². The first kappa shape index (κ1) is 10.2. The zero-order valence-corrected chi connectivity index (χ0v) is 9.41. The highest BCUT2D eigenvalue weighted by Gasteiger charge is 1.92. The molecule has 0 aliphatic carbocycles. The van der Waals surface area contributed by atoms with Gasteiger partial charge in [0.1, 0.15) is 0 Å². The summed E-state index contributed by atoms with van der Waals surface area (Å²) in [6.07, 6.45) is 7.17. The summed E-state index contributed by atoms with van der Waals surface area (Å²) in [5.41, 5.74) is 0.353. The summed E-state index contributed by atoms with van der Waals surface area (Å²) in [6.45, 7) is 4.61. The van der Waals surface area contributed by atoms with Crippen molar-refractivity contribution in [2.45, 2.75) is 32.6 Å². The molecule has 0 heterocycles. The monoisotopic (exact) mass is 258 g/mol. The Bertz CT molecular complexity index is 54.9. The van der Waals surface area contributed by atoms with Crippen molar-refractivity contribution in [3.8, 4) is 0 Å². The summed E-state index contributed by atoms with van der Waals surface area (Å²) in [5, 5.41) is 0. The highest BCUT2D eigenvalue weighted by molar-refractivity contribution is 14.2. The molecule has 0 aromatic carbocycles. The first-order chi connectivity index (χ1) is 4.27. The third-order valence-electron chi connectivity index (χ3n) is 1.32. The van der Waals surface area contributed by atoms with E-state index in [0.29, 0.717) is 5.56 Å². The molecule has 1 unspecified atom stereocenters. The molecular weight excluding hydrogens is 242 g/mol.